The Kier molecular flexibility index (Phi) is 10.7. The molecule has 4 aromatic rings. The van der Waals surface area contributed by atoms with E-state index >= 15 is 0 Å². The number of hydrogen-bond acceptors (Lipinski definition) is 2. The minimum Gasteiger partial charge on any atom is -0.425 e. The summed E-state index contributed by atoms with van der Waals surface area (Å²) in [5, 5.41) is 0. The molecule has 2 heteroatoms. The van der Waals surface area contributed by atoms with Gasteiger partial charge in [0.1, 0.15) is 11.7 Å². The topological polar surface area (TPSA) is 26.3 Å². The SMILES string of the molecule is CCc1ccc2c(c1-c1ccc(CCCCCC(C)C)cc1C1C(=O)Oc3ccc(CCCCCC(C)C)cc31)Cc1ccccc1-2. The Hall–Kier alpha value is -3.65. The molecule has 246 valence electrons. The molecule has 0 amide bonds. The van der Waals surface area contributed by atoms with E-state index in [-0.39, 0.29) is 5.97 Å². The van der Waals surface area contributed by atoms with Gasteiger partial charge in [-0.3, -0.25) is 4.79 Å². The number of benzene rings is 4. The highest BCUT2D eigenvalue weighted by molar-refractivity contribution is 5.94. The van der Waals surface area contributed by atoms with Gasteiger partial charge in [-0.1, -0.05) is 140 Å². The van der Waals surface area contributed by atoms with Crippen LogP contribution in [-0.4, -0.2) is 5.97 Å². The maximum Gasteiger partial charge on any atom is 0.323 e. The van der Waals surface area contributed by atoms with Crippen molar-refractivity contribution in [2.24, 2.45) is 11.8 Å². The van der Waals surface area contributed by atoms with Crippen molar-refractivity contribution in [3.63, 3.8) is 0 Å². The van der Waals surface area contributed by atoms with Gasteiger partial charge in [-0.2, -0.15) is 0 Å². The first-order valence-electron chi connectivity index (χ1n) is 18.5. The summed E-state index contributed by atoms with van der Waals surface area (Å²) in [6.07, 6.45) is 13.9. The molecule has 6 rings (SSSR count). The summed E-state index contributed by atoms with van der Waals surface area (Å²) in [4.78, 5) is 13.9. The van der Waals surface area contributed by atoms with Crippen LogP contribution in [0.1, 0.15) is 131 Å². The average Bonchev–Trinajstić information content (AvgIpc) is 3.60. The molecule has 0 aromatic heterocycles. The molecule has 4 aromatic carbocycles. The molecule has 2 aliphatic rings. The molecular weight excluding hydrogens is 572 g/mol. The van der Waals surface area contributed by atoms with Crippen LogP contribution < -0.4 is 4.74 Å². The molecule has 0 spiro atoms. The number of aryl methyl sites for hydroxylation is 3. The summed E-state index contributed by atoms with van der Waals surface area (Å²) in [5.41, 5.74) is 14.1. The van der Waals surface area contributed by atoms with Crippen molar-refractivity contribution in [3.05, 3.63) is 112 Å². The average molecular weight is 627 g/mol. The van der Waals surface area contributed by atoms with E-state index in [0.717, 1.165) is 54.4 Å². The number of rotatable bonds is 15. The molecule has 0 bridgehead atoms. The number of hydrogen-bond donors (Lipinski definition) is 0. The van der Waals surface area contributed by atoms with E-state index in [1.54, 1.807) is 0 Å². The third-order valence-electron chi connectivity index (χ3n) is 10.5. The van der Waals surface area contributed by atoms with Gasteiger partial charge in [0.25, 0.3) is 0 Å². The maximum atomic E-state index is 13.9. The van der Waals surface area contributed by atoms with E-state index in [4.69, 9.17) is 4.74 Å². The van der Waals surface area contributed by atoms with E-state index < -0.39 is 5.92 Å². The molecule has 0 saturated heterocycles. The number of unbranched alkanes of at least 4 members (excludes halogenated alkanes) is 4. The first kappa shape index (κ1) is 33.3. The van der Waals surface area contributed by atoms with E-state index in [1.807, 2.05) is 6.07 Å². The Bertz CT molecular complexity index is 1710. The lowest BCUT2D eigenvalue weighted by atomic mass is 9.81. The van der Waals surface area contributed by atoms with E-state index in [1.165, 1.54) is 101 Å². The molecular formula is C45H54O2. The minimum absolute atomic E-state index is 0.140. The zero-order valence-electron chi connectivity index (χ0n) is 29.5. The summed E-state index contributed by atoms with van der Waals surface area (Å²) in [7, 11) is 0. The van der Waals surface area contributed by atoms with Gasteiger partial charge < -0.3 is 4.74 Å². The van der Waals surface area contributed by atoms with Crippen LogP contribution in [0, 0.1) is 11.8 Å². The van der Waals surface area contributed by atoms with Gasteiger partial charge in [0.2, 0.25) is 0 Å². The lowest BCUT2D eigenvalue weighted by Gasteiger charge is -2.21. The van der Waals surface area contributed by atoms with Crippen LogP contribution in [0.5, 0.6) is 5.75 Å². The van der Waals surface area contributed by atoms with Crippen LogP contribution in [0.25, 0.3) is 22.3 Å². The van der Waals surface area contributed by atoms with E-state index in [9.17, 15) is 4.79 Å². The number of fused-ring (bicyclic) bond motifs is 4. The molecule has 1 unspecified atom stereocenters. The largest absolute Gasteiger partial charge is 0.425 e. The first-order valence-corrected chi connectivity index (χ1v) is 18.5. The van der Waals surface area contributed by atoms with Crippen molar-refractivity contribution in [1.82, 2.24) is 0 Å². The number of carbonyl (C=O) groups is 1. The predicted molar refractivity (Wildman–Crippen MR) is 197 cm³/mol. The molecule has 0 radical (unpaired) electrons. The highest BCUT2D eigenvalue weighted by atomic mass is 16.5. The Morgan fingerprint density at radius 2 is 1.32 bits per heavy atom. The molecule has 1 aliphatic carbocycles. The Morgan fingerprint density at radius 1 is 0.681 bits per heavy atom. The van der Waals surface area contributed by atoms with E-state index in [2.05, 4.69) is 101 Å². The van der Waals surface area contributed by atoms with Gasteiger partial charge in [0, 0.05) is 5.56 Å². The molecule has 1 atom stereocenters. The van der Waals surface area contributed by atoms with Gasteiger partial charge in [-0.05, 0) is 112 Å². The van der Waals surface area contributed by atoms with Gasteiger partial charge in [0.05, 0.1) is 0 Å². The molecule has 47 heavy (non-hydrogen) atoms. The zero-order valence-corrected chi connectivity index (χ0v) is 29.5. The Balaban J connectivity index is 1.39. The molecule has 0 saturated carbocycles. The second kappa shape index (κ2) is 15.1. The number of ether oxygens (including phenoxy) is 1. The van der Waals surface area contributed by atoms with Crippen molar-refractivity contribution in [2.75, 3.05) is 0 Å². The monoisotopic (exact) mass is 626 g/mol. The Morgan fingerprint density at radius 3 is 2.00 bits per heavy atom. The van der Waals surface area contributed by atoms with Gasteiger partial charge in [-0.25, -0.2) is 0 Å². The van der Waals surface area contributed by atoms with Crippen LogP contribution >= 0.6 is 0 Å². The third-order valence-corrected chi connectivity index (χ3v) is 10.5. The Labute approximate surface area is 284 Å². The fraction of sp³-hybridized carbons (Fsp3) is 0.444. The van der Waals surface area contributed by atoms with Crippen LogP contribution in [0.3, 0.4) is 0 Å². The summed E-state index contributed by atoms with van der Waals surface area (Å²) in [6, 6.07) is 27.0. The molecule has 0 fully saturated rings. The van der Waals surface area contributed by atoms with Crippen molar-refractivity contribution in [2.45, 2.75) is 118 Å². The summed E-state index contributed by atoms with van der Waals surface area (Å²) in [5.74, 6) is 1.70. The van der Waals surface area contributed by atoms with Crippen LogP contribution in [-0.2, 0) is 30.5 Å². The lowest BCUT2D eigenvalue weighted by Crippen LogP contribution is -2.14. The quantitative estimate of drug-likeness (QED) is 0.0656. The molecule has 0 N–H and O–H groups in total. The van der Waals surface area contributed by atoms with Gasteiger partial charge in [0.15, 0.2) is 0 Å². The van der Waals surface area contributed by atoms with Gasteiger partial charge >= 0.3 is 5.97 Å². The molecule has 2 nitrogen and oxygen atoms in total. The second-order valence-corrected chi connectivity index (χ2v) is 14.9. The molecule has 1 aliphatic heterocycles. The zero-order chi connectivity index (χ0) is 32.9. The van der Waals surface area contributed by atoms with Crippen molar-refractivity contribution in [3.8, 4) is 28.0 Å². The highest BCUT2D eigenvalue weighted by Crippen LogP contribution is 2.48. The fourth-order valence-corrected chi connectivity index (χ4v) is 7.90. The standard InChI is InChI=1S/C45H54O2/c1-6-34-23-25-37-36-20-14-13-19-35(36)29-40(37)43(34)38-24-21-32(17-11-7-9-15-30(2)3)27-39(38)44-41-28-33(18-12-8-10-16-31(4)5)22-26-42(41)47-45(44)46/h13-14,19-28,30-31,44H,6-12,15-18,29H2,1-5H3. The van der Waals surface area contributed by atoms with E-state index in [0.29, 0.717) is 0 Å². The highest BCUT2D eigenvalue weighted by Gasteiger charge is 2.37. The smallest absolute Gasteiger partial charge is 0.323 e. The minimum atomic E-state index is -0.411. The predicted octanol–water partition coefficient (Wildman–Crippen LogP) is 12.1. The number of carbonyl (C=O) groups excluding carboxylic acids is 1. The normalized spacial score (nSPS) is 14.9. The molecule has 1 heterocycles. The summed E-state index contributed by atoms with van der Waals surface area (Å²) < 4.78 is 6.03. The van der Waals surface area contributed by atoms with Gasteiger partial charge in [-0.15, -0.1) is 0 Å². The van der Waals surface area contributed by atoms with Crippen LogP contribution in [0.2, 0.25) is 0 Å². The van der Waals surface area contributed by atoms with Crippen molar-refractivity contribution >= 4 is 5.97 Å². The van der Waals surface area contributed by atoms with Crippen LogP contribution in [0.15, 0.2) is 72.8 Å². The lowest BCUT2D eigenvalue weighted by molar-refractivity contribution is -0.133. The maximum absolute atomic E-state index is 13.9. The number of esters is 1. The second-order valence-electron chi connectivity index (χ2n) is 14.9. The fourth-order valence-electron chi connectivity index (χ4n) is 7.90. The van der Waals surface area contributed by atoms with Crippen molar-refractivity contribution in [1.29, 1.82) is 0 Å². The third kappa shape index (κ3) is 7.43. The summed E-state index contributed by atoms with van der Waals surface area (Å²) in [6.45, 7) is 11.5. The van der Waals surface area contributed by atoms with Crippen molar-refractivity contribution < 1.29 is 9.53 Å². The van der Waals surface area contributed by atoms with Crippen LogP contribution in [0.4, 0.5) is 0 Å². The summed E-state index contributed by atoms with van der Waals surface area (Å²) >= 11 is 0. The first-order chi connectivity index (χ1) is 22.8.